The van der Waals surface area contributed by atoms with Crippen molar-refractivity contribution in [3.05, 3.63) is 6.92 Å². The van der Waals surface area contributed by atoms with Crippen LogP contribution in [0.2, 0.25) is 0 Å². The molecule has 2 fully saturated rings. The minimum atomic E-state index is -0.533. The van der Waals surface area contributed by atoms with E-state index in [-0.39, 0.29) is 23.5 Å². The number of piperidine rings is 2. The highest BCUT2D eigenvalue weighted by atomic mass is 16.7. The second kappa shape index (κ2) is 8.57. The van der Waals surface area contributed by atoms with Crippen molar-refractivity contribution in [1.29, 1.82) is 0 Å². The molecule has 0 N–H and O–H groups in total. The highest BCUT2D eigenvalue weighted by Gasteiger charge is 2.43. The van der Waals surface area contributed by atoms with Crippen LogP contribution in [0.25, 0.3) is 0 Å². The van der Waals surface area contributed by atoms with Crippen LogP contribution in [-0.4, -0.2) is 59.4 Å². The largest absolute Gasteiger partial charge is 0.458 e. The van der Waals surface area contributed by atoms with Gasteiger partial charge in [0.1, 0.15) is 5.60 Å². The summed E-state index contributed by atoms with van der Waals surface area (Å²) in [5.41, 5.74) is -0.628. The van der Waals surface area contributed by atoms with Crippen molar-refractivity contribution in [1.82, 2.24) is 9.96 Å². The summed E-state index contributed by atoms with van der Waals surface area (Å²) in [5.74, 6) is -0.0273. The molecule has 5 heteroatoms. The quantitative estimate of drug-likeness (QED) is 0.691. The van der Waals surface area contributed by atoms with Crippen molar-refractivity contribution >= 4 is 5.97 Å². The molecular formula is C21H39N2O3. The molecule has 5 nitrogen and oxygen atoms in total. The Morgan fingerprint density at radius 2 is 1.88 bits per heavy atom. The molecule has 2 saturated heterocycles. The molecule has 0 bridgehead atoms. The third-order valence-corrected chi connectivity index (χ3v) is 5.87. The minimum absolute atomic E-state index is 0.122. The number of hydrogen-bond donors (Lipinski definition) is 0. The molecule has 1 radical (unpaired) electrons. The van der Waals surface area contributed by atoms with Gasteiger partial charge in [-0.1, -0.05) is 6.92 Å². The topological polar surface area (TPSA) is 42.0 Å². The fraction of sp³-hybridized carbons (Fsp3) is 0.905. The van der Waals surface area contributed by atoms with Gasteiger partial charge in [-0.3, -0.25) is 4.84 Å². The van der Waals surface area contributed by atoms with Gasteiger partial charge in [-0.05, 0) is 93.3 Å². The second-order valence-electron chi connectivity index (χ2n) is 9.51. The smallest absolute Gasteiger partial charge is 0.338 e. The van der Waals surface area contributed by atoms with Crippen molar-refractivity contribution in [2.75, 3.05) is 20.1 Å². The van der Waals surface area contributed by atoms with Gasteiger partial charge in [0.2, 0.25) is 0 Å². The van der Waals surface area contributed by atoms with E-state index < -0.39 is 11.7 Å². The normalized spacial score (nSPS) is 31.0. The lowest BCUT2D eigenvalue weighted by Crippen LogP contribution is -2.57. The average Bonchev–Trinajstić information content (AvgIpc) is 2.54. The number of carbonyl (C=O) groups is 1. The van der Waals surface area contributed by atoms with Gasteiger partial charge >= 0.3 is 5.97 Å². The maximum Gasteiger partial charge on any atom is 0.338 e. The highest BCUT2D eigenvalue weighted by molar-refractivity contribution is 5.75. The first-order chi connectivity index (χ1) is 12.1. The molecule has 2 aliphatic heterocycles. The molecule has 0 saturated carbocycles. The van der Waals surface area contributed by atoms with Gasteiger partial charge in [0.15, 0.2) is 6.10 Å². The Labute approximate surface area is 160 Å². The molecule has 0 spiro atoms. The predicted molar refractivity (Wildman–Crippen MR) is 104 cm³/mol. The Hall–Kier alpha value is -0.650. The minimum Gasteiger partial charge on any atom is -0.458 e. The summed E-state index contributed by atoms with van der Waals surface area (Å²) in [4.78, 5) is 21.8. The molecule has 2 aliphatic rings. The number of hydrogen-bond acceptors (Lipinski definition) is 5. The SMILES string of the molecule is [CH2]CC1(C)CCCC(C)N1OC(C(=O)OC(C)(C)C)C1CCN(C)CC1. The van der Waals surface area contributed by atoms with Crippen molar-refractivity contribution in [2.24, 2.45) is 5.92 Å². The highest BCUT2D eigenvalue weighted by Crippen LogP contribution is 2.37. The summed E-state index contributed by atoms with van der Waals surface area (Å²) in [7, 11) is 2.13. The molecule has 26 heavy (non-hydrogen) atoms. The van der Waals surface area contributed by atoms with Crippen LogP contribution < -0.4 is 0 Å². The van der Waals surface area contributed by atoms with E-state index in [1.54, 1.807) is 0 Å². The zero-order chi connectivity index (χ0) is 19.5. The number of carbonyl (C=O) groups excluding carboxylic acids is 1. The fourth-order valence-corrected chi connectivity index (χ4v) is 4.14. The van der Waals surface area contributed by atoms with Gasteiger partial charge in [0, 0.05) is 17.5 Å². The Bertz CT molecular complexity index is 468. The number of hydroxylamine groups is 2. The summed E-state index contributed by atoms with van der Waals surface area (Å²) >= 11 is 0. The molecule has 2 rings (SSSR count). The Morgan fingerprint density at radius 1 is 1.27 bits per heavy atom. The monoisotopic (exact) mass is 367 g/mol. The van der Waals surface area contributed by atoms with Crippen molar-refractivity contribution in [3.63, 3.8) is 0 Å². The molecule has 0 aromatic heterocycles. The van der Waals surface area contributed by atoms with Crippen molar-refractivity contribution in [3.8, 4) is 0 Å². The van der Waals surface area contributed by atoms with Crippen LogP contribution in [0.3, 0.4) is 0 Å². The van der Waals surface area contributed by atoms with Crippen LogP contribution >= 0.6 is 0 Å². The molecule has 0 aromatic rings. The van der Waals surface area contributed by atoms with Crippen LogP contribution in [0.15, 0.2) is 0 Å². The zero-order valence-corrected chi connectivity index (χ0v) is 17.7. The fourth-order valence-electron chi connectivity index (χ4n) is 4.14. The third kappa shape index (κ3) is 5.43. The first-order valence-corrected chi connectivity index (χ1v) is 10.2. The van der Waals surface area contributed by atoms with Gasteiger partial charge in [0.05, 0.1) is 0 Å². The van der Waals surface area contributed by atoms with E-state index in [0.717, 1.165) is 45.2 Å². The lowest BCUT2D eigenvalue weighted by atomic mass is 9.85. The van der Waals surface area contributed by atoms with Gasteiger partial charge in [-0.2, -0.15) is 5.06 Å². The molecule has 0 aromatic carbocycles. The van der Waals surface area contributed by atoms with E-state index >= 15 is 0 Å². The van der Waals surface area contributed by atoms with E-state index in [2.05, 4.69) is 37.8 Å². The lowest BCUT2D eigenvalue weighted by Gasteiger charge is -2.49. The van der Waals surface area contributed by atoms with E-state index in [4.69, 9.17) is 9.57 Å². The van der Waals surface area contributed by atoms with Crippen LogP contribution in [0.5, 0.6) is 0 Å². The van der Waals surface area contributed by atoms with Crippen molar-refractivity contribution in [2.45, 2.75) is 96.4 Å². The van der Waals surface area contributed by atoms with Crippen LogP contribution in [0.4, 0.5) is 0 Å². The predicted octanol–water partition coefficient (Wildman–Crippen LogP) is 3.83. The molecule has 2 heterocycles. The molecule has 3 atom stereocenters. The molecule has 0 aliphatic carbocycles. The standard InChI is InChI=1S/C21H39N2O3/c1-8-21(6)13-9-10-16(2)23(21)26-18(19(24)25-20(3,4)5)17-11-14-22(7)15-12-17/h16-18H,1,8-15H2,2-7H3. The number of esters is 1. The summed E-state index contributed by atoms with van der Waals surface area (Å²) in [5, 5.41) is 2.08. The number of ether oxygens (including phenoxy) is 1. The van der Waals surface area contributed by atoms with E-state index in [1.165, 1.54) is 6.42 Å². The third-order valence-electron chi connectivity index (χ3n) is 5.87. The summed E-state index contributed by atoms with van der Waals surface area (Å²) < 4.78 is 5.74. The first kappa shape index (κ1) is 21.6. The van der Waals surface area contributed by atoms with Crippen LogP contribution in [0.1, 0.15) is 73.1 Å². The lowest BCUT2D eigenvalue weighted by molar-refractivity contribution is -0.292. The molecular weight excluding hydrogens is 328 g/mol. The molecule has 151 valence electrons. The summed E-state index contributed by atoms with van der Waals surface area (Å²) in [6.07, 6.45) is 5.48. The maximum atomic E-state index is 13.0. The van der Waals surface area contributed by atoms with Crippen molar-refractivity contribution < 1.29 is 14.4 Å². The van der Waals surface area contributed by atoms with Crippen LogP contribution in [0, 0.1) is 12.8 Å². The summed E-state index contributed by atoms with van der Waals surface area (Å²) in [6.45, 7) is 16.3. The Balaban J connectivity index is 2.20. The zero-order valence-electron chi connectivity index (χ0n) is 17.7. The molecule has 0 amide bonds. The number of rotatable bonds is 5. The maximum absolute atomic E-state index is 13.0. The van der Waals surface area contributed by atoms with Crippen LogP contribution in [-0.2, 0) is 14.4 Å². The van der Waals surface area contributed by atoms with Gasteiger partial charge in [0.25, 0.3) is 0 Å². The Morgan fingerprint density at radius 3 is 2.42 bits per heavy atom. The van der Waals surface area contributed by atoms with E-state index in [1.807, 2.05) is 20.8 Å². The van der Waals surface area contributed by atoms with E-state index in [0.29, 0.717) is 0 Å². The second-order valence-corrected chi connectivity index (χ2v) is 9.51. The summed E-state index contributed by atoms with van der Waals surface area (Å²) in [6, 6.07) is 0.284. The van der Waals surface area contributed by atoms with E-state index in [9.17, 15) is 4.79 Å². The number of likely N-dealkylation sites (tertiary alicyclic amines) is 1. The van der Waals surface area contributed by atoms with Gasteiger partial charge in [-0.15, -0.1) is 0 Å². The number of nitrogens with zero attached hydrogens (tertiary/aromatic N) is 2. The van der Waals surface area contributed by atoms with Gasteiger partial charge in [-0.25, -0.2) is 4.79 Å². The average molecular weight is 368 g/mol. The van der Waals surface area contributed by atoms with Gasteiger partial charge < -0.3 is 9.64 Å². The first-order valence-electron chi connectivity index (χ1n) is 10.2. The molecule has 3 unspecified atom stereocenters. The Kier molecular flexibility index (Phi) is 7.14.